The van der Waals surface area contributed by atoms with Gasteiger partial charge in [0.15, 0.2) is 0 Å². The van der Waals surface area contributed by atoms with E-state index in [1.807, 2.05) is 0 Å². The van der Waals surface area contributed by atoms with Crippen LogP contribution < -0.4 is 10.6 Å². The highest BCUT2D eigenvalue weighted by Crippen LogP contribution is 2.31. The summed E-state index contributed by atoms with van der Waals surface area (Å²) >= 11 is 0. The summed E-state index contributed by atoms with van der Waals surface area (Å²) in [5.41, 5.74) is 0. The third-order valence-corrected chi connectivity index (χ3v) is 5.58. The molecule has 2 heterocycles. The molecular weight excluding hydrogens is 248 g/mol. The van der Waals surface area contributed by atoms with Crippen LogP contribution in [-0.4, -0.2) is 37.9 Å². The molecule has 3 fully saturated rings. The predicted molar refractivity (Wildman–Crippen MR) is 83.0 cm³/mol. The highest BCUT2D eigenvalue weighted by Gasteiger charge is 2.33. The maximum Gasteiger partial charge on any atom is 0.0587 e. The van der Waals surface area contributed by atoms with E-state index < -0.39 is 0 Å². The van der Waals surface area contributed by atoms with E-state index in [9.17, 15) is 0 Å². The third-order valence-electron chi connectivity index (χ3n) is 5.58. The molecule has 3 nitrogen and oxygen atoms in total. The van der Waals surface area contributed by atoms with Gasteiger partial charge in [-0.3, -0.25) is 0 Å². The summed E-state index contributed by atoms with van der Waals surface area (Å²) in [4.78, 5) is 0. The lowest BCUT2D eigenvalue weighted by Gasteiger charge is -2.33. The standard InChI is InChI=1S/C17H32N2O/c1-3-11-18-16(8-1)15-7-5-9-17(15)19-12-10-14-6-2-4-13-20-14/h14-19H,1-13H2. The Morgan fingerprint density at radius 3 is 2.70 bits per heavy atom. The molecule has 3 aliphatic rings. The predicted octanol–water partition coefficient (Wildman–Crippen LogP) is 2.85. The second kappa shape index (κ2) is 7.77. The molecule has 1 aliphatic carbocycles. The van der Waals surface area contributed by atoms with E-state index in [2.05, 4.69) is 10.6 Å². The van der Waals surface area contributed by atoms with Crippen LogP contribution in [0.15, 0.2) is 0 Å². The van der Waals surface area contributed by atoms with Crippen LogP contribution in [0.5, 0.6) is 0 Å². The average molecular weight is 280 g/mol. The van der Waals surface area contributed by atoms with Crippen LogP contribution in [0.2, 0.25) is 0 Å². The Hall–Kier alpha value is -0.120. The van der Waals surface area contributed by atoms with Crippen LogP contribution >= 0.6 is 0 Å². The zero-order valence-corrected chi connectivity index (χ0v) is 12.9. The first-order chi connectivity index (χ1) is 9.93. The average Bonchev–Trinajstić information content (AvgIpc) is 2.98. The maximum absolute atomic E-state index is 5.83. The van der Waals surface area contributed by atoms with Gasteiger partial charge < -0.3 is 15.4 Å². The largest absolute Gasteiger partial charge is 0.378 e. The van der Waals surface area contributed by atoms with E-state index in [1.165, 1.54) is 70.8 Å². The summed E-state index contributed by atoms with van der Waals surface area (Å²) in [5, 5.41) is 7.62. The number of ether oxygens (including phenoxy) is 1. The Morgan fingerprint density at radius 1 is 0.950 bits per heavy atom. The van der Waals surface area contributed by atoms with Crippen LogP contribution in [0, 0.1) is 5.92 Å². The van der Waals surface area contributed by atoms with Gasteiger partial charge in [-0.05, 0) is 70.4 Å². The molecule has 2 aliphatic heterocycles. The van der Waals surface area contributed by atoms with E-state index in [1.54, 1.807) is 0 Å². The lowest BCUT2D eigenvalue weighted by Crippen LogP contribution is -2.47. The molecule has 4 atom stereocenters. The molecule has 0 spiro atoms. The van der Waals surface area contributed by atoms with Crippen LogP contribution in [0.25, 0.3) is 0 Å². The summed E-state index contributed by atoms with van der Waals surface area (Å²) < 4.78 is 5.83. The van der Waals surface area contributed by atoms with Gasteiger partial charge in [-0.1, -0.05) is 12.8 Å². The molecule has 0 radical (unpaired) electrons. The minimum absolute atomic E-state index is 0.531. The number of piperidine rings is 1. The fraction of sp³-hybridized carbons (Fsp3) is 1.00. The Labute approximate surface area is 124 Å². The molecule has 0 aromatic heterocycles. The molecule has 3 heteroatoms. The first-order valence-electron chi connectivity index (χ1n) is 9.02. The number of rotatable bonds is 5. The summed E-state index contributed by atoms with van der Waals surface area (Å²) in [7, 11) is 0. The molecule has 2 N–H and O–H groups in total. The van der Waals surface area contributed by atoms with Gasteiger partial charge in [-0.2, -0.15) is 0 Å². The lowest BCUT2D eigenvalue weighted by atomic mass is 9.88. The zero-order valence-electron chi connectivity index (χ0n) is 12.9. The quantitative estimate of drug-likeness (QED) is 0.812. The van der Waals surface area contributed by atoms with Crippen molar-refractivity contribution in [3.8, 4) is 0 Å². The Kier molecular flexibility index (Phi) is 5.75. The number of nitrogens with one attached hydrogen (secondary N) is 2. The Morgan fingerprint density at radius 2 is 1.90 bits per heavy atom. The highest BCUT2D eigenvalue weighted by molar-refractivity contribution is 4.92. The fourth-order valence-corrected chi connectivity index (χ4v) is 4.43. The second-order valence-electron chi connectivity index (χ2n) is 6.99. The van der Waals surface area contributed by atoms with Crippen molar-refractivity contribution in [1.82, 2.24) is 10.6 Å². The SMILES string of the molecule is C1CCC(C2CCCC2NCCC2CCCCO2)NC1. The molecule has 0 amide bonds. The van der Waals surface area contributed by atoms with E-state index in [4.69, 9.17) is 4.74 Å². The Bertz CT molecular complexity index is 272. The van der Waals surface area contributed by atoms with E-state index in [-0.39, 0.29) is 0 Å². The molecule has 3 rings (SSSR count). The highest BCUT2D eigenvalue weighted by atomic mass is 16.5. The molecule has 116 valence electrons. The van der Waals surface area contributed by atoms with Gasteiger partial charge in [0.25, 0.3) is 0 Å². The van der Waals surface area contributed by atoms with Crippen LogP contribution in [0.3, 0.4) is 0 Å². The minimum Gasteiger partial charge on any atom is -0.378 e. The van der Waals surface area contributed by atoms with Crippen molar-refractivity contribution in [3.05, 3.63) is 0 Å². The van der Waals surface area contributed by atoms with Crippen molar-refractivity contribution in [1.29, 1.82) is 0 Å². The fourth-order valence-electron chi connectivity index (χ4n) is 4.43. The van der Waals surface area contributed by atoms with E-state index in [0.717, 1.165) is 31.2 Å². The van der Waals surface area contributed by atoms with Crippen molar-refractivity contribution in [2.75, 3.05) is 19.7 Å². The van der Waals surface area contributed by atoms with Crippen LogP contribution in [0.4, 0.5) is 0 Å². The molecule has 0 aromatic rings. The number of hydrogen-bond acceptors (Lipinski definition) is 3. The van der Waals surface area contributed by atoms with Crippen molar-refractivity contribution in [3.63, 3.8) is 0 Å². The van der Waals surface area contributed by atoms with Crippen molar-refractivity contribution < 1.29 is 4.74 Å². The third kappa shape index (κ3) is 3.96. The molecule has 2 saturated heterocycles. The lowest BCUT2D eigenvalue weighted by molar-refractivity contribution is 0.0109. The first-order valence-corrected chi connectivity index (χ1v) is 9.02. The first kappa shape index (κ1) is 14.8. The zero-order chi connectivity index (χ0) is 13.6. The smallest absolute Gasteiger partial charge is 0.0587 e. The maximum atomic E-state index is 5.83. The monoisotopic (exact) mass is 280 g/mol. The molecule has 0 aromatic carbocycles. The van der Waals surface area contributed by atoms with Gasteiger partial charge in [-0.25, -0.2) is 0 Å². The minimum atomic E-state index is 0.531. The Balaban J connectivity index is 1.39. The summed E-state index contributed by atoms with van der Waals surface area (Å²) in [6, 6.07) is 1.55. The van der Waals surface area contributed by atoms with Crippen LogP contribution in [-0.2, 0) is 4.74 Å². The van der Waals surface area contributed by atoms with Gasteiger partial charge >= 0.3 is 0 Å². The van der Waals surface area contributed by atoms with Crippen LogP contribution in [0.1, 0.15) is 64.2 Å². The van der Waals surface area contributed by atoms with Crippen molar-refractivity contribution in [2.45, 2.75) is 82.4 Å². The number of hydrogen-bond donors (Lipinski definition) is 2. The normalized spacial score (nSPS) is 39.0. The second-order valence-corrected chi connectivity index (χ2v) is 6.99. The summed E-state index contributed by atoms with van der Waals surface area (Å²) in [6.07, 6.45) is 14.1. The molecule has 20 heavy (non-hydrogen) atoms. The van der Waals surface area contributed by atoms with Gasteiger partial charge in [0.05, 0.1) is 6.10 Å². The molecular formula is C17H32N2O. The van der Waals surface area contributed by atoms with E-state index in [0.29, 0.717) is 6.10 Å². The molecule has 0 bridgehead atoms. The van der Waals surface area contributed by atoms with Gasteiger partial charge in [0.2, 0.25) is 0 Å². The topological polar surface area (TPSA) is 33.3 Å². The summed E-state index contributed by atoms with van der Waals surface area (Å²) in [5.74, 6) is 0.877. The molecule has 1 saturated carbocycles. The van der Waals surface area contributed by atoms with Crippen molar-refractivity contribution in [2.24, 2.45) is 5.92 Å². The van der Waals surface area contributed by atoms with E-state index >= 15 is 0 Å². The van der Waals surface area contributed by atoms with Gasteiger partial charge in [0, 0.05) is 18.7 Å². The summed E-state index contributed by atoms with van der Waals surface area (Å²) in [6.45, 7) is 3.38. The van der Waals surface area contributed by atoms with Gasteiger partial charge in [0.1, 0.15) is 0 Å². The molecule has 4 unspecified atom stereocenters. The van der Waals surface area contributed by atoms with Crippen molar-refractivity contribution >= 4 is 0 Å². The van der Waals surface area contributed by atoms with Gasteiger partial charge in [-0.15, -0.1) is 0 Å².